The normalized spacial score (nSPS) is 19.6. The molecule has 160 valence electrons. The Hall–Kier alpha value is -3.62. The lowest BCUT2D eigenvalue weighted by atomic mass is 9.89. The lowest BCUT2D eigenvalue weighted by Gasteiger charge is -2.25. The molecule has 2 amide bonds. The highest BCUT2D eigenvalue weighted by Crippen LogP contribution is 2.33. The fraction of sp³-hybridized carbons (Fsp3) is 0.364. The Morgan fingerprint density at radius 1 is 1.10 bits per heavy atom. The van der Waals surface area contributed by atoms with Crippen molar-refractivity contribution in [2.75, 3.05) is 25.5 Å². The molecule has 0 bridgehead atoms. The number of furan rings is 1. The fourth-order valence-electron chi connectivity index (χ4n) is 4.50. The number of aryl methyl sites for hydroxylation is 1. The number of aromatic nitrogens is 3. The molecule has 0 radical (unpaired) electrons. The third kappa shape index (κ3) is 3.45. The molecule has 0 aliphatic carbocycles. The molecular formula is C22H23N5O4. The van der Waals surface area contributed by atoms with Crippen LogP contribution >= 0.6 is 0 Å². The summed E-state index contributed by atoms with van der Waals surface area (Å²) in [5, 5.41) is 11.3. The quantitative estimate of drug-likeness (QED) is 0.694. The highest BCUT2D eigenvalue weighted by Gasteiger charge is 2.41. The second kappa shape index (κ2) is 7.57. The molecule has 31 heavy (non-hydrogen) atoms. The van der Waals surface area contributed by atoms with Gasteiger partial charge >= 0.3 is 0 Å². The zero-order valence-electron chi connectivity index (χ0n) is 17.4. The van der Waals surface area contributed by atoms with Crippen LogP contribution in [-0.2, 0) is 13.0 Å². The van der Waals surface area contributed by atoms with Crippen molar-refractivity contribution in [1.82, 2.24) is 19.7 Å². The van der Waals surface area contributed by atoms with Gasteiger partial charge in [0.2, 0.25) is 5.82 Å². The largest absolute Gasteiger partial charge is 0.497 e. The number of rotatable bonds is 4. The third-order valence-corrected chi connectivity index (χ3v) is 6.19. The summed E-state index contributed by atoms with van der Waals surface area (Å²) in [6.07, 6.45) is 2.24. The van der Waals surface area contributed by atoms with Gasteiger partial charge in [-0.2, -0.15) is 0 Å². The molecule has 3 aromatic rings. The first kappa shape index (κ1) is 19.3. The summed E-state index contributed by atoms with van der Waals surface area (Å²) in [6.45, 7) is 3.73. The minimum Gasteiger partial charge on any atom is -0.497 e. The van der Waals surface area contributed by atoms with Crippen LogP contribution in [0.15, 0.2) is 41.0 Å². The molecule has 4 heterocycles. The number of hydrogen-bond acceptors (Lipinski definition) is 6. The molecule has 2 aromatic heterocycles. The van der Waals surface area contributed by atoms with Crippen LogP contribution in [0.1, 0.15) is 32.6 Å². The van der Waals surface area contributed by atoms with Gasteiger partial charge in [-0.25, -0.2) is 0 Å². The number of amides is 2. The minimum atomic E-state index is -0.303. The van der Waals surface area contributed by atoms with Gasteiger partial charge in [-0.15, -0.1) is 10.2 Å². The Morgan fingerprint density at radius 2 is 1.87 bits per heavy atom. The van der Waals surface area contributed by atoms with E-state index in [-0.39, 0.29) is 17.7 Å². The van der Waals surface area contributed by atoms with Crippen molar-refractivity contribution in [1.29, 1.82) is 0 Å². The first-order valence-electron chi connectivity index (χ1n) is 10.2. The Bertz CT molecular complexity index is 1130. The summed E-state index contributed by atoms with van der Waals surface area (Å²) in [4.78, 5) is 27.6. The van der Waals surface area contributed by atoms with Gasteiger partial charge in [-0.3, -0.25) is 9.59 Å². The first-order valence-corrected chi connectivity index (χ1v) is 10.2. The third-order valence-electron chi connectivity index (χ3n) is 6.19. The fourth-order valence-corrected chi connectivity index (χ4v) is 4.50. The van der Waals surface area contributed by atoms with Gasteiger partial charge in [0.05, 0.1) is 18.9 Å². The summed E-state index contributed by atoms with van der Waals surface area (Å²) in [6, 6.07) is 8.84. The number of hydrogen-bond donors (Lipinski definition) is 1. The number of carbonyl (C=O) groups excluding carboxylic acids is 2. The zero-order chi connectivity index (χ0) is 21.5. The van der Waals surface area contributed by atoms with Crippen LogP contribution in [0.3, 0.4) is 0 Å². The average molecular weight is 421 g/mol. The van der Waals surface area contributed by atoms with Gasteiger partial charge in [-0.05, 0) is 49.1 Å². The Kier molecular flexibility index (Phi) is 4.72. The molecule has 5 rings (SSSR count). The Balaban J connectivity index is 1.29. The number of likely N-dealkylation sites (tertiary alicyclic amines) is 1. The number of anilines is 1. The molecule has 2 unspecified atom stereocenters. The second-order valence-corrected chi connectivity index (χ2v) is 8.06. The maximum atomic E-state index is 12.9. The topological polar surface area (TPSA) is 102 Å². The standard InChI is InChI=1S/C22H23N5O4/c1-13-18(7-8-31-13)22(29)26-10-14-9-19-24-25-20(27(19)12-15(14)11-26)21(28)23-16-3-5-17(30-2)6-4-16/h3-8,14-15H,9-12H2,1-2H3,(H,23,28). The summed E-state index contributed by atoms with van der Waals surface area (Å²) in [7, 11) is 1.59. The minimum absolute atomic E-state index is 0.00566. The number of nitrogens with one attached hydrogen (secondary N) is 1. The van der Waals surface area contributed by atoms with Crippen LogP contribution in [0, 0.1) is 18.8 Å². The number of carbonyl (C=O) groups is 2. The summed E-state index contributed by atoms with van der Waals surface area (Å²) >= 11 is 0. The van der Waals surface area contributed by atoms with E-state index in [0.717, 1.165) is 11.6 Å². The van der Waals surface area contributed by atoms with Crippen molar-refractivity contribution in [3.8, 4) is 5.75 Å². The molecule has 1 N–H and O–H groups in total. The van der Waals surface area contributed by atoms with E-state index < -0.39 is 0 Å². The predicted octanol–water partition coefficient (Wildman–Crippen LogP) is 2.38. The predicted molar refractivity (Wildman–Crippen MR) is 111 cm³/mol. The van der Waals surface area contributed by atoms with Crippen LogP contribution < -0.4 is 10.1 Å². The summed E-state index contributed by atoms with van der Waals surface area (Å²) in [5.74, 6) is 2.69. The van der Waals surface area contributed by atoms with Gasteiger partial charge in [0, 0.05) is 31.7 Å². The number of methoxy groups -OCH3 is 1. The zero-order valence-corrected chi connectivity index (χ0v) is 17.4. The van der Waals surface area contributed by atoms with E-state index in [1.54, 1.807) is 50.6 Å². The van der Waals surface area contributed by atoms with Crippen LogP contribution in [0.4, 0.5) is 5.69 Å². The first-order chi connectivity index (χ1) is 15.0. The molecule has 9 nitrogen and oxygen atoms in total. The van der Waals surface area contributed by atoms with Crippen LogP contribution in [0.25, 0.3) is 0 Å². The molecule has 1 saturated heterocycles. The van der Waals surface area contributed by atoms with Crippen molar-refractivity contribution >= 4 is 17.5 Å². The van der Waals surface area contributed by atoms with Gasteiger partial charge in [0.15, 0.2) is 0 Å². The Labute approximate surface area is 179 Å². The number of ether oxygens (including phenoxy) is 1. The van der Waals surface area contributed by atoms with E-state index in [0.29, 0.717) is 54.8 Å². The van der Waals surface area contributed by atoms with Gasteiger partial charge in [0.1, 0.15) is 17.3 Å². The van der Waals surface area contributed by atoms with E-state index in [4.69, 9.17) is 9.15 Å². The highest BCUT2D eigenvalue weighted by molar-refractivity contribution is 6.01. The van der Waals surface area contributed by atoms with Crippen LogP contribution in [0.2, 0.25) is 0 Å². The summed E-state index contributed by atoms with van der Waals surface area (Å²) in [5.41, 5.74) is 1.27. The molecule has 1 aromatic carbocycles. The van der Waals surface area contributed by atoms with Crippen molar-refractivity contribution in [3.05, 3.63) is 59.6 Å². The monoisotopic (exact) mass is 421 g/mol. The van der Waals surface area contributed by atoms with Gasteiger partial charge in [0.25, 0.3) is 11.8 Å². The van der Waals surface area contributed by atoms with Gasteiger partial charge < -0.3 is 23.9 Å². The van der Waals surface area contributed by atoms with Crippen molar-refractivity contribution in [2.45, 2.75) is 19.9 Å². The number of benzene rings is 1. The van der Waals surface area contributed by atoms with Crippen molar-refractivity contribution < 1.29 is 18.7 Å². The Morgan fingerprint density at radius 3 is 2.58 bits per heavy atom. The molecule has 2 aliphatic rings. The SMILES string of the molecule is COc1ccc(NC(=O)c2nnc3n2CC2CN(C(=O)c4ccoc4C)CC2C3)cc1. The number of nitrogens with zero attached hydrogens (tertiary/aromatic N) is 4. The molecular weight excluding hydrogens is 398 g/mol. The van der Waals surface area contributed by atoms with E-state index in [1.807, 2.05) is 9.47 Å². The molecule has 2 atom stereocenters. The maximum Gasteiger partial charge on any atom is 0.293 e. The molecule has 2 aliphatic heterocycles. The number of fused-ring (bicyclic) bond motifs is 2. The molecule has 1 fully saturated rings. The lowest BCUT2D eigenvalue weighted by Crippen LogP contribution is -2.31. The average Bonchev–Trinajstić information content (AvgIpc) is 3.49. The molecule has 0 saturated carbocycles. The lowest BCUT2D eigenvalue weighted by molar-refractivity contribution is 0.0781. The smallest absolute Gasteiger partial charge is 0.293 e. The highest BCUT2D eigenvalue weighted by atomic mass is 16.5. The van der Waals surface area contributed by atoms with E-state index in [2.05, 4.69) is 15.5 Å². The second-order valence-electron chi connectivity index (χ2n) is 8.06. The van der Waals surface area contributed by atoms with Crippen molar-refractivity contribution in [3.63, 3.8) is 0 Å². The molecule has 0 spiro atoms. The summed E-state index contributed by atoms with van der Waals surface area (Å²) < 4.78 is 12.3. The van der Waals surface area contributed by atoms with E-state index in [1.165, 1.54) is 0 Å². The van der Waals surface area contributed by atoms with Crippen LogP contribution in [-0.4, -0.2) is 51.7 Å². The van der Waals surface area contributed by atoms with Crippen molar-refractivity contribution in [2.24, 2.45) is 11.8 Å². The maximum absolute atomic E-state index is 12.9. The molecule has 9 heteroatoms. The van der Waals surface area contributed by atoms with E-state index >= 15 is 0 Å². The van der Waals surface area contributed by atoms with Gasteiger partial charge in [-0.1, -0.05) is 0 Å². The van der Waals surface area contributed by atoms with Crippen LogP contribution in [0.5, 0.6) is 5.75 Å². The van der Waals surface area contributed by atoms with E-state index in [9.17, 15) is 9.59 Å².